The number of sulfonamides is 1. The predicted molar refractivity (Wildman–Crippen MR) is 104 cm³/mol. The zero-order chi connectivity index (χ0) is 21.4. The molecule has 0 saturated heterocycles. The van der Waals surface area contributed by atoms with E-state index in [1.807, 2.05) is 6.92 Å². The summed E-state index contributed by atoms with van der Waals surface area (Å²) in [6.45, 7) is 3.06. The maximum Gasteiger partial charge on any atom is 0.321 e. The Labute approximate surface area is 169 Å². The molecule has 0 aliphatic heterocycles. The number of ether oxygens (including phenoxy) is 2. The molecule has 2 rings (SSSR count). The Kier molecular flexibility index (Phi) is 7.47. The van der Waals surface area contributed by atoms with Crippen molar-refractivity contribution in [3.8, 4) is 11.8 Å². The molecular weight excluding hydrogens is 396 g/mol. The fraction of sp³-hybridized carbons (Fsp3) is 0.250. The molecule has 0 radical (unpaired) electrons. The largest absolute Gasteiger partial charge is 0.494 e. The summed E-state index contributed by atoms with van der Waals surface area (Å²) >= 11 is 0. The van der Waals surface area contributed by atoms with Gasteiger partial charge in [0.25, 0.3) is 0 Å². The monoisotopic (exact) mass is 416 g/mol. The average Bonchev–Trinajstić information content (AvgIpc) is 2.72. The summed E-state index contributed by atoms with van der Waals surface area (Å²) in [6, 6.07) is 13.7. The van der Waals surface area contributed by atoms with Gasteiger partial charge in [-0.25, -0.2) is 8.42 Å². The number of carbonyl (C=O) groups excluding carboxylic acids is 2. The molecule has 0 aliphatic rings. The summed E-state index contributed by atoms with van der Waals surface area (Å²) in [5.41, 5.74) is 0.282. The molecule has 0 heterocycles. The Morgan fingerprint density at radius 2 is 1.79 bits per heavy atom. The Hall–Kier alpha value is -3.22. The van der Waals surface area contributed by atoms with Crippen molar-refractivity contribution in [1.82, 2.24) is 4.72 Å². The molecule has 0 spiro atoms. The Morgan fingerprint density at radius 3 is 2.41 bits per heavy atom. The molecule has 0 aliphatic carbocycles. The normalized spacial score (nSPS) is 11.9. The molecule has 1 atom stereocenters. The van der Waals surface area contributed by atoms with Gasteiger partial charge in [-0.05, 0) is 50.2 Å². The first kappa shape index (κ1) is 22.1. The quantitative estimate of drug-likeness (QED) is 0.490. The minimum absolute atomic E-state index is 0.0487. The van der Waals surface area contributed by atoms with Gasteiger partial charge in [0.2, 0.25) is 15.8 Å². The Balaban J connectivity index is 1.96. The zero-order valence-electron chi connectivity index (χ0n) is 15.9. The maximum atomic E-state index is 12.4. The van der Waals surface area contributed by atoms with Gasteiger partial charge in [-0.1, -0.05) is 12.1 Å². The Bertz CT molecular complexity index is 1030. The lowest BCUT2D eigenvalue weighted by molar-refractivity contribution is -0.144. The number of carbonyl (C=O) groups is 2. The van der Waals surface area contributed by atoms with E-state index in [1.165, 1.54) is 31.2 Å². The number of esters is 1. The van der Waals surface area contributed by atoms with E-state index < -0.39 is 34.4 Å². The fourth-order valence-electron chi connectivity index (χ4n) is 2.43. The smallest absolute Gasteiger partial charge is 0.321 e. The van der Waals surface area contributed by atoms with E-state index in [1.54, 1.807) is 30.3 Å². The SMILES string of the molecule is CCOc1ccc(C(=O)[C@@H](C)OC(=O)CNS(=O)(=O)c2ccccc2C#N)cc1. The molecule has 1 N–H and O–H groups in total. The van der Waals surface area contributed by atoms with E-state index in [4.69, 9.17) is 14.7 Å². The summed E-state index contributed by atoms with van der Waals surface area (Å²) in [5.74, 6) is -0.741. The van der Waals surface area contributed by atoms with Crippen molar-refractivity contribution in [3.05, 3.63) is 59.7 Å². The van der Waals surface area contributed by atoms with Crippen LogP contribution in [-0.2, 0) is 19.6 Å². The summed E-state index contributed by atoms with van der Waals surface area (Å²) < 4.78 is 37.0. The number of ketones is 1. The molecule has 2 aromatic carbocycles. The van der Waals surface area contributed by atoms with Crippen LogP contribution in [0.2, 0.25) is 0 Å². The van der Waals surface area contributed by atoms with E-state index in [0.717, 1.165) is 0 Å². The summed E-state index contributed by atoms with van der Waals surface area (Å²) in [7, 11) is -4.09. The lowest BCUT2D eigenvalue weighted by Crippen LogP contribution is -2.34. The van der Waals surface area contributed by atoms with Gasteiger partial charge in [-0.15, -0.1) is 0 Å². The number of hydrogen-bond acceptors (Lipinski definition) is 7. The molecular formula is C20H20N2O6S. The second-order valence-electron chi connectivity index (χ2n) is 5.89. The van der Waals surface area contributed by atoms with Gasteiger partial charge in [-0.3, -0.25) is 9.59 Å². The van der Waals surface area contributed by atoms with Gasteiger partial charge in [0, 0.05) is 5.56 Å². The maximum absolute atomic E-state index is 12.4. The van der Waals surface area contributed by atoms with E-state index in [9.17, 15) is 18.0 Å². The van der Waals surface area contributed by atoms with Crippen LogP contribution < -0.4 is 9.46 Å². The molecule has 0 aromatic heterocycles. The molecule has 0 amide bonds. The molecule has 9 heteroatoms. The second-order valence-corrected chi connectivity index (χ2v) is 7.62. The van der Waals surface area contributed by atoms with E-state index in [2.05, 4.69) is 4.72 Å². The third kappa shape index (κ3) is 5.88. The van der Waals surface area contributed by atoms with Crippen molar-refractivity contribution in [1.29, 1.82) is 5.26 Å². The van der Waals surface area contributed by atoms with Crippen LogP contribution in [0.25, 0.3) is 0 Å². The standard InChI is InChI=1S/C20H20N2O6S/c1-3-27-17-10-8-15(9-11-17)20(24)14(2)28-19(23)13-22-29(25,26)18-7-5-4-6-16(18)12-21/h4-11,14,22H,3,13H2,1-2H3/t14-/m1/s1. The summed E-state index contributed by atoms with van der Waals surface area (Å²) in [5, 5.41) is 9.02. The summed E-state index contributed by atoms with van der Waals surface area (Å²) in [6.07, 6.45) is -1.10. The van der Waals surface area contributed by atoms with Crippen molar-refractivity contribution in [2.75, 3.05) is 13.2 Å². The van der Waals surface area contributed by atoms with Gasteiger partial charge in [0.1, 0.15) is 18.4 Å². The number of nitrogens with zero attached hydrogens (tertiary/aromatic N) is 1. The molecule has 29 heavy (non-hydrogen) atoms. The highest BCUT2D eigenvalue weighted by atomic mass is 32.2. The number of rotatable bonds is 9. The summed E-state index contributed by atoms with van der Waals surface area (Å²) in [4.78, 5) is 24.1. The number of hydrogen-bond donors (Lipinski definition) is 1. The molecule has 0 unspecified atom stereocenters. The zero-order valence-corrected chi connectivity index (χ0v) is 16.7. The van der Waals surface area contributed by atoms with Crippen molar-refractivity contribution < 1.29 is 27.5 Å². The van der Waals surface area contributed by atoms with E-state index in [0.29, 0.717) is 17.9 Å². The van der Waals surface area contributed by atoms with Crippen LogP contribution in [-0.4, -0.2) is 39.4 Å². The molecule has 0 saturated carbocycles. The first-order valence-corrected chi connectivity index (χ1v) is 10.2. The molecule has 152 valence electrons. The van der Waals surface area contributed by atoms with Crippen LogP contribution in [0.4, 0.5) is 0 Å². The highest BCUT2D eigenvalue weighted by Crippen LogP contribution is 2.15. The molecule has 8 nitrogen and oxygen atoms in total. The Morgan fingerprint density at radius 1 is 1.14 bits per heavy atom. The average molecular weight is 416 g/mol. The third-order valence-corrected chi connectivity index (χ3v) is 5.29. The van der Waals surface area contributed by atoms with Crippen molar-refractivity contribution >= 4 is 21.8 Å². The number of nitriles is 1. The van der Waals surface area contributed by atoms with Crippen LogP contribution in [0.1, 0.15) is 29.8 Å². The van der Waals surface area contributed by atoms with E-state index >= 15 is 0 Å². The number of nitrogens with one attached hydrogen (secondary N) is 1. The van der Waals surface area contributed by atoms with Crippen molar-refractivity contribution in [2.24, 2.45) is 0 Å². The lowest BCUT2D eigenvalue weighted by atomic mass is 10.1. The van der Waals surface area contributed by atoms with Gasteiger partial charge >= 0.3 is 5.97 Å². The minimum Gasteiger partial charge on any atom is -0.494 e. The van der Waals surface area contributed by atoms with Crippen LogP contribution in [0.5, 0.6) is 5.75 Å². The number of Topliss-reactive ketones (excluding diaryl/α,β-unsaturated/α-hetero) is 1. The van der Waals surface area contributed by atoms with Crippen molar-refractivity contribution in [3.63, 3.8) is 0 Å². The van der Waals surface area contributed by atoms with Crippen LogP contribution in [0.3, 0.4) is 0 Å². The topological polar surface area (TPSA) is 123 Å². The third-order valence-electron chi connectivity index (χ3n) is 3.83. The van der Waals surface area contributed by atoms with Crippen molar-refractivity contribution in [2.45, 2.75) is 24.8 Å². The highest BCUT2D eigenvalue weighted by molar-refractivity contribution is 7.89. The minimum atomic E-state index is -4.09. The first-order chi connectivity index (χ1) is 13.8. The van der Waals surface area contributed by atoms with Gasteiger partial charge in [0.05, 0.1) is 17.1 Å². The van der Waals surface area contributed by atoms with Crippen LogP contribution in [0, 0.1) is 11.3 Å². The fourth-order valence-corrected chi connectivity index (χ4v) is 3.56. The second kappa shape index (κ2) is 9.82. The predicted octanol–water partition coefficient (Wildman–Crippen LogP) is 2.05. The van der Waals surface area contributed by atoms with Crippen LogP contribution in [0.15, 0.2) is 53.4 Å². The highest BCUT2D eigenvalue weighted by Gasteiger charge is 2.23. The van der Waals surface area contributed by atoms with Gasteiger partial charge in [0.15, 0.2) is 6.10 Å². The molecule has 0 fully saturated rings. The van der Waals surface area contributed by atoms with Gasteiger partial charge in [-0.2, -0.15) is 9.98 Å². The molecule has 2 aromatic rings. The van der Waals surface area contributed by atoms with Gasteiger partial charge < -0.3 is 9.47 Å². The lowest BCUT2D eigenvalue weighted by Gasteiger charge is -2.13. The van der Waals surface area contributed by atoms with Crippen LogP contribution >= 0.6 is 0 Å². The molecule has 0 bridgehead atoms. The first-order valence-electron chi connectivity index (χ1n) is 8.74. The van der Waals surface area contributed by atoms with E-state index in [-0.39, 0.29) is 10.5 Å². The number of benzene rings is 2.